The Morgan fingerprint density at radius 2 is 1.91 bits per heavy atom. The number of rotatable bonds is 3. The van der Waals surface area contributed by atoms with Crippen molar-refractivity contribution in [2.24, 2.45) is 17.8 Å². The highest BCUT2D eigenvalue weighted by Gasteiger charge is 2.42. The molecule has 0 aliphatic heterocycles. The standard InChI is InChI=1S/C18H24N2O2/c1-12(16-11-13-8-9-14(16)10-13)19-17(21)18(22)20(2)15-6-4-3-5-7-15/h3-7,12-14,16H,8-11H2,1-2H3,(H,19,21). The molecular formula is C18H24N2O2. The quantitative estimate of drug-likeness (QED) is 0.872. The van der Waals surface area contributed by atoms with Gasteiger partial charge in [-0.2, -0.15) is 0 Å². The maximum Gasteiger partial charge on any atom is 0.316 e. The fraction of sp³-hybridized carbons (Fsp3) is 0.556. The maximum absolute atomic E-state index is 12.3. The number of nitrogens with one attached hydrogen (secondary N) is 1. The molecule has 1 aromatic carbocycles. The Balaban J connectivity index is 1.58. The van der Waals surface area contributed by atoms with Crippen molar-refractivity contribution >= 4 is 17.5 Å². The smallest absolute Gasteiger partial charge is 0.316 e. The van der Waals surface area contributed by atoms with Gasteiger partial charge in [0, 0.05) is 18.8 Å². The Kier molecular flexibility index (Phi) is 4.19. The Labute approximate surface area is 131 Å². The first-order valence-corrected chi connectivity index (χ1v) is 8.20. The minimum Gasteiger partial charge on any atom is -0.345 e. The number of nitrogens with zero attached hydrogens (tertiary/aromatic N) is 1. The lowest BCUT2D eigenvalue weighted by Gasteiger charge is -2.28. The van der Waals surface area contributed by atoms with Crippen LogP contribution in [0.25, 0.3) is 0 Å². The van der Waals surface area contributed by atoms with Crippen LogP contribution in [0.2, 0.25) is 0 Å². The minimum atomic E-state index is -0.499. The van der Waals surface area contributed by atoms with Gasteiger partial charge in [0.15, 0.2) is 0 Å². The molecule has 4 atom stereocenters. The van der Waals surface area contributed by atoms with Gasteiger partial charge in [-0.15, -0.1) is 0 Å². The number of benzene rings is 1. The van der Waals surface area contributed by atoms with Crippen molar-refractivity contribution in [3.05, 3.63) is 30.3 Å². The van der Waals surface area contributed by atoms with Crippen LogP contribution in [-0.2, 0) is 9.59 Å². The third-order valence-corrected chi connectivity index (χ3v) is 5.44. The van der Waals surface area contributed by atoms with Crippen LogP contribution < -0.4 is 10.2 Å². The number of carbonyl (C=O) groups excluding carboxylic acids is 2. The van der Waals surface area contributed by atoms with Gasteiger partial charge in [-0.3, -0.25) is 9.59 Å². The molecular weight excluding hydrogens is 276 g/mol. The molecule has 4 unspecified atom stereocenters. The molecule has 0 saturated heterocycles. The minimum absolute atomic E-state index is 0.0796. The van der Waals surface area contributed by atoms with Crippen LogP contribution in [0.5, 0.6) is 0 Å². The summed E-state index contributed by atoms with van der Waals surface area (Å²) in [7, 11) is 1.64. The third kappa shape index (κ3) is 2.87. The second-order valence-corrected chi connectivity index (χ2v) is 6.80. The van der Waals surface area contributed by atoms with E-state index in [1.807, 2.05) is 37.3 Å². The molecule has 0 heterocycles. The summed E-state index contributed by atoms with van der Waals surface area (Å²) in [5, 5.41) is 2.93. The third-order valence-electron chi connectivity index (χ3n) is 5.44. The van der Waals surface area contributed by atoms with Gasteiger partial charge in [0.25, 0.3) is 0 Å². The molecule has 2 amide bonds. The molecule has 0 aromatic heterocycles. The van der Waals surface area contributed by atoms with Crippen LogP contribution in [0, 0.1) is 17.8 Å². The van der Waals surface area contributed by atoms with E-state index < -0.39 is 11.8 Å². The predicted molar refractivity (Wildman–Crippen MR) is 86.4 cm³/mol. The molecule has 2 bridgehead atoms. The molecule has 3 rings (SSSR count). The van der Waals surface area contributed by atoms with E-state index in [1.165, 1.54) is 30.6 Å². The summed E-state index contributed by atoms with van der Waals surface area (Å²) in [4.78, 5) is 25.9. The maximum atomic E-state index is 12.3. The molecule has 0 spiro atoms. The first-order chi connectivity index (χ1) is 10.6. The molecule has 4 heteroatoms. The second-order valence-electron chi connectivity index (χ2n) is 6.80. The van der Waals surface area contributed by atoms with Gasteiger partial charge < -0.3 is 10.2 Å². The number of anilines is 1. The monoisotopic (exact) mass is 300 g/mol. The highest BCUT2D eigenvalue weighted by atomic mass is 16.2. The Bertz CT molecular complexity index is 557. The second kappa shape index (κ2) is 6.11. The van der Waals surface area contributed by atoms with Gasteiger partial charge in [-0.05, 0) is 56.1 Å². The van der Waals surface area contributed by atoms with E-state index in [9.17, 15) is 9.59 Å². The van der Waals surface area contributed by atoms with Gasteiger partial charge in [-0.25, -0.2) is 0 Å². The number of likely N-dealkylation sites (N-methyl/N-ethyl adjacent to an activating group) is 1. The van der Waals surface area contributed by atoms with Gasteiger partial charge in [-0.1, -0.05) is 24.6 Å². The van der Waals surface area contributed by atoms with Crippen LogP contribution in [0.15, 0.2) is 30.3 Å². The van der Waals surface area contributed by atoms with Crippen molar-refractivity contribution in [3.8, 4) is 0 Å². The Morgan fingerprint density at radius 3 is 2.50 bits per heavy atom. The van der Waals surface area contributed by atoms with E-state index in [0.717, 1.165) is 17.5 Å². The van der Waals surface area contributed by atoms with E-state index in [-0.39, 0.29) is 6.04 Å². The zero-order chi connectivity index (χ0) is 15.7. The van der Waals surface area contributed by atoms with Gasteiger partial charge in [0.05, 0.1) is 0 Å². The van der Waals surface area contributed by atoms with Crippen LogP contribution >= 0.6 is 0 Å². The molecule has 1 N–H and O–H groups in total. The van der Waals surface area contributed by atoms with E-state index in [1.54, 1.807) is 7.05 Å². The van der Waals surface area contributed by atoms with Gasteiger partial charge in [0.2, 0.25) is 0 Å². The summed E-state index contributed by atoms with van der Waals surface area (Å²) in [5.41, 5.74) is 0.732. The Morgan fingerprint density at radius 1 is 1.18 bits per heavy atom. The average molecular weight is 300 g/mol. The molecule has 118 valence electrons. The first kappa shape index (κ1) is 15.1. The van der Waals surface area contributed by atoms with Crippen LogP contribution in [0.4, 0.5) is 5.69 Å². The summed E-state index contributed by atoms with van der Waals surface area (Å²) in [6.45, 7) is 2.04. The highest BCUT2D eigenvalue weighted by molar-refractivity contribution is 6.40. The Hall–Kier alpha value is -1.84. The van der Waals surface area contributed by atoms with Gasteiger partial charge >= 0.3 is 11.8 Å². The summed E-state index contributed by atoms with van der Waals surface area (Å²) < 4.78 is 0. The SMILES string of the molecule is CC(NC(=O)C(=O)N(C)c1ccccc1)C1CC2CCC1C2. The zero-order valence-electron chi connectivity index (χ0n) is 13.3. The lowest BCUT2D eigenvalue weighted by molar-refractivity contribution is -0.138. The molecule has 2 saturated carbocycles. The fourth-order valence-corrected chi connectivity index (χ4v) is 4.20. The number of carbonyl (C=O) groups is 2. The summed E-state index contributed by atoms with van der Waals surface area (Å²) in [5.74, 6) is 1.12. The number of hydrogen-bond acceptors (Lipinski definition) is 2. The molecule has 22 heavy (non-hydrogen) atoms. The van der Waals surface area contributed by atoms with Crippen LogP contribution in [0.3, 0.4) is 0 Å². The zero-order valence-corrected chi connectivity index (χ0v) is 13.3. The first-order valence-electron chi connectivity index (χ1n) is 8.20. The summed E-state index contributed by atoms with van der Waals surface area (Å²) in [6, 6.07) is 9.33. The van der Waals surface area contributed by atoms with Crippen molar-refractivity contribution in [3.63, 3.8) is 0 Å². The van der Waals surface area contributed by atoms with Crippen molar-refractivity contribution in [1.82, 2.24) is 5.32 Å². The van der Waals surface area contributed by atoms with E-state index >= 15 is 0 Å². The number of amides is 2. The number of para-hydroxylation sites is 1. The van der Waals surface area contributed by atoms with Crippen LogP contribution in [-0.4, -0.2) is 24.9 Å². The van der Waals surface area contributed by atoms with Crippen molar-refractivity contribution in [2.45, 2.75) is 38.6 Å². The lowest BCUT2D eigenvalue weighted by atomic mass is 9.84. The molecule has 0 radical (unpaired) electrons. The number of fused-ring (bicyclic) bond motifs is 2. The molecule has 4 nitrogen and oxygen atoms in total. The van der Waals surface area contributed by atoms with Gasteiger partial charge in [0.1, 0.15) is 0 Å². The average Bonchev–Trinajstić information content (AvgIpc) is 3.17. The summed E-state index contributed by atoms with van der Waals surface area (Å²) >= 11 is 0. The van der Waals surface area contributed by atoms with Crippen molar-refractivity contribution in [1.29, 1.82) is 0 Å². The van der Waals surface area contributed by atoms with Crippen molar-refractivity contribution in [2.75, 3.05) is 11.9 Å². The molecule has 2 fully saturated rings. The van der Waals surface area contributed by atoms with E-state index in [4.69, 9.17) is 0 Å². The predicted octanol–water partition coefficient (Wildman–Crippen LogP) is 2.59. The van der Waals surface area contributed by atoms with Crippen molar-refractivity contribution < 1.29 is 9.59 Å². The fourth-order valence-electron chi connectivity index (χ4n) is 4.20. The normalized spacial score (nSPS) is 27.5. The van der Waals surface area contributed by atoms with Crippen LogP contribution in [0.1, 0.15) is 32.6 Å². The topological polar surface area (TPSA) is 49.4 Å². The molecule has 2 aliphatic carbocycles. The summed E-state index contributed by atoms with van der Waals surface area (Å²) in [6.07, 6.45) is 5.14. The van der Waals surface area contributed by atoms with E-state index in [2.05, 4.69) is 5.32 Å². The van der Waals surface area contributed by atoms with E-state index in [0.29, 0.717) is 5.92 Å². The number of hydrogen-bond donors (Lipinski definition) is 1. The lowest BCUT2D eigenvalue weighted by Crippen LogP contribution is -2.47. The molecule has 2 aliphatic rings. The highest BCUT2D eigenvalue weighted by Crippen LogP contribution is 2.49. The molecule has 1 aromatic rings. The largest absolute Gasteiger partial charge is 0.345 e.